The van der Waals surface area contributed by atoms with Gasteiger partial charge in [0.15, 0.2) is 0 Å². The maximum Gasteiger partial charge on any atom is 0.349 e. The van der Waals surface area contributed by atoms with Crippen LogP contribution in [0.2, 0.25) is 0 Å². The molecule has 1 saturated heterocycles. The van der Waals surface area contributed by atoms with E-state index in [2.05, 4.69) is 22.8 Å². The van der Waals surface area contributed by atoms with Crippen molar-refractivity contribution in [3.63, 3.8) is 0 Å². The number of amides is 1. The second-order valence-corrected chi connectivity index (χ2v) is 7.14. The number of rotatable bonds is 8. The molecule has 1 aliphatic heterocycles. The SMILES string of the molecule is Cc1cc(CCCc2ccccc2)oc(=O)c1C(=O)NCCC1CNCCO1.Cl. The van der Waals surface area contributed by atoms with Crippen molar-refractivity contribution in [1.29, 1.82) is 0 Å². The molecule has 0 saturated carbocycles. The van der Waals surface area contributed by atoms with Crippen LogP contribution in [-0.4, -0.2) is 38.3 Å². The van der Waals surface area contributed by atoms with Crippen molar-refractivity contribution < 1.29 is 13.9 Å². The minimum Gasteiger partial charge on any atom is -0.427 e. The zero-order valence-corrected chi connectivity index (χ0v) is 17.6. The lowest BCUT2D eigenvalue weighted by atomic mass is 10.1. The van der Waals surface area contributed by atoms with Crippen molar-refractivity contribution in [3.8, 4) is 0 Å². The van der Waals surface area contributed by atoms with Gasteiger partial charge in [-0.15, -0.1) is 12.4 Å². The fraction of sp³-hybridized carbons (Fsp3) is 0.455. The van der Waals surface area contributed by atoms with Crippen LogP contribution in [0.4, 0.5) is 0 Å². The lowest BCUT2D eigenvalue weighted by molar-refractivity contribution is 0.0239. The third-order valence-corrected chi connectivity index (χ3v) is 4.91. The Morgan fingerprint density at radius 1 is 1.24 bits per heavy atom. The second-order valence-electron chi connectivity index (χ2n) is 7.14. The topological polar surface area (TPSA) is 80.6 Å². The Balaban J connectivity index is 0.00000300. The summed E-state index contributed by atoms with van der Waals surface area (Å²) in [6.07, 6.45) is 3.27. The van der Waals surface area contributed by atoms with Gasteiger partial charge >= 0.3 is 5.63 Å². The Labute approximate surface area is 177 Å². The molecule has 1 amide bonds. The van der Waals surface area contributed by atoms with Gasteiger partial charge in [0.05, 0.1) is 12.7 Å². The zero-order valence-electron chi connectivity index (χ0n) is 16.7. The molecule has 2 aromatic rings. The number of hydrogen-bond donors (Lipinski definition) is 2. The molecule has 3 rings (SSSR count). The van der Waals surface area contributed by atoms with Crippen molar-refractivity contribution >= 4 is 18.3 Å². The Hall–Kier alpha value is -2.15. The summed E-state index contributed by atoms with van der Waals surface area (Å²) in [5.41, 5.74) is 1.44. The Kier molecular flexibility index (Phi) is 9.38. The number of carbonyl (C=O) groups excluding carboxylic acids is 1. The van der Waals surface area contributed by atoms with Crippen molar-refractivity contribution in [2.75, 3.05) is 26.2 Å². The van der Waals surface area contributed by atoms with Crippen LogP contribution in [0.3, 0.4) is 0 Å². The molecule has 1 unspecified atom stereocenters. The predicted octanol–water partition coefficient (Wildman–Crippen LogP) is 2.65. The Morgan fingerprint density at radius 3 is 2.72 bits per heavy atom. The average Bonchev–Trinajstić information content (AvgIpc) is 2.69. The first-order valence-corrected chi connectivity index (χ1v) is 9.91. The average molecular weight is 421 g/mol. The van der Waals surface area contributed by atoms with E-state index in [-0.39, 0.29) is 30.0 Å². The summed E-state index contributed by atoms with van der Waals surface area (Å²) in [6, 6.07) is 12.0. The normalized spacial score (nSPS) is 16.1. The van der Waals surface area contributed by atoms with Crippen molar-refractivity contribution in [1.82, 2.24) is 10.6 Å². The van der Waals surface area contributed by atoms with E-state index < -0.39 is 5.63 Å². The van der Waals surface area contributed by atoms with Gasteiger partial charge in [0, 0.05) is 26.1 Å². The van der Waals surface area contributed by atoms with Gasteiger partial charge in [-0.05, 0) is 43.4 Å². The summed E-state index contributed by atoms with van der Waals surface area (Å²) in [5, 5.41) is 6.06. The largest absolute Gasteiger partial charge is 0.427 e. The highest BCUT2D eigenvalue weighted by Gasteiger charge is 2.18. The maximum absolute atomic E-state index is 12.4. The highest BCUT2D eigenvalue weighted by Crippen LogP contribution is 2.11. The number of benzene rings is 1. The van der Waals surface area contributed by atoms with E-state index >= 15 is 0 Å². The van der Waals surface area contributed by atoms with E-state index in [0.717, 1.165) is 25.9 Å². The number of ether oxygens (including phenoxy) is 1. The van der Waals surface area contributed by atoms with Gasteiger partial charge < -0.3 is 19.8 Å². The summed E-state index contributed by atoms with van der Waals surface area (Å²) in [7, 11) is 0. The molecule has 6 nitrogen and oxygen atoms in total. The second kappa shape index (κ2) is 11.8. The number of aryl methyl sites for hydroxylation is 3. The molecule has 2 heterocycles. The molecule has 0 radical (unpaired) electrons. The van der Waals surface area contributed by atoms with E-state index in [0.29, 0.717) is 37.3 Å². The molecule has 1 aliphatic rings. The Bertz CT molecular complexity index is 832. The highest BCUT2D eigenvalue weighted by molar-refractivity contribution is 5.95. The number of nitrogens with one attached hydrogen (secondary N) is 2. The van der Waals surface area contributed by atoms with Crippen molar-refractivity contribution in [3.05, 3.63) is 69.3 Å². The minimum atomic E-state index is -0.567. The fourth-order valence-corrected chi connectivity index (χ4v) is 3.42. The van der Waals surface area contributed by atoms with Gasteiger partial charge in [0.1, 0.15) is 11.3 Å². The molecule has 7 heteroatoms. The summed E-state index contributed by atoms with van der Waals surface area (Å²) >= 11 is 0. The molecular weight excluding hydrogens is 392 g/mol. The molecule has 2 N–H and O–H groups in total. The first kappa shape index (κ1) is 23.1. The summed E-state index contributed by atoms with van der Waals surface area (Å²) in [6.45, 7) is 4.58. The first-order valence-electron chi connectivity index (χ1n) is 9.91. The quantitative estimate of drug-likeness (QED) is 0.686. The summed E-state index contributed by atoms with van der Waals surface area (Å²) in [5.74, 6) is 0.238. The van der Waals surface area contributed by atoms with E-state index in [4.69, 9.17) is 9.15 Å². The molecule has 1 atom stereocenters. The minimum absolute atomic E-state index is 0. The molecule has 1 aromatic carbocycles. The van der Waals surface area contributed by atoms with Gasteiger partial charge in [-0.3, -0.25) is 4.79 Å². The van der Waals surface area contributed by atoms with E-state index in [1.165, 1.54) is 5.56 Å². The monoisotopic (exact) mass is 420 g/mol. The third kappa shape index (κ3) is 6.99. The molecule has 0 aliphatic carbocycles. The number of morpholine rings is 1. The van der Waals surface area contributed by atoms with Crippen LogP contribution in [0, 0.1) is 6.92 Å². The third-order valence-electron chi connectivity index (χ3n) is 4.91. The first-order chi connectivity index (χ1) is 13.6. The fourth-order valence-electron chi connectivity index (χ4n) is 3.42. The molecule has 1 aromatic heterocycles. The Morgan fingerprint density at radius 2 is 2.03 bits per heavy atom. The standard InChI is InChI=1S/C22H28N2O4.ClH/c1-16-14-18(9-5-8-17-6-3-2-4-7-17)28-22(26)20(16)21(25)24-11-10-19-15-23-12-13-27-19;/h2-4,6-7,14,19,23H,5,8-13,15H2,1H3,(H,24,25);1H. The van der Waals surface area contributed by atoms with Crippen LogP contribution < -0.4 is 16.3 Å². The molecule has 29 heavy (non-hydrogen) atoms. The summed E-state index contributed by atoms with van der Waals surface area (Å²) in [4.78, 5) is 24.7. The van der Waals surface area contributed by atoms with Crippen molar-refractivity contribution in [2.24, 2.45) is 0 Å². The molecule has 158 valence electrons. The van der Waals surface area contributed by atoms with E-state index in [1.807, 2.05) is 18.2 Å². The number of hydrogen-bond acceptors (Lipinski definition) is 5. The van der Waals surface area contributed by atoms with Crippen LogP contribution in [-0.2, 0) is 17.6 Å². The molecular formula is C22H29ClN2O4. The smallest absolute Gasteiger partial charge is 0.349 e. The van der Waals surface area contributed by atoms with Gasteiger partial charge in [-0.1, -0.05) is 30.3 Å². The lowest BCUT2D eigenvalue weighted by Gasteiger charge is -2.23. The summed E-state index contributed by atoms with van der Waals surface area (Å²) < 4.78 is 11.0. The number of carbonyl (C=O) groups is 1. The molecule has 0 bridgehead atoms. The highest BCUT2D eigenvalue weighted by atomic mass is 35.5. The van der Waals surface area contributed by atoms with Gasteiger partial charge in [0.2, 0.25) is 0 Å². The lowest BCUT2D eigenvalue weighted by Crippen LogP contribution is -2.40. The predicted molar refractivity (Wildman–Crippen MR) is 115 cm³/mol. The van der Waals surface area contributed by atoms with Crippen LogP contribution in [0.25, 0.3) is 0 Å². The van der Waals surface area contributed by atoms with Gasteiger partial charge in [-0.2, -0.15) is 0 Å². The van der Waals surface area contributed by atoms with Crippen LogP contribution in [0.5, 0.6) is 0 Å². The zero-order chi connectivity index (χ0) is 19.8. The van der Waals surface area contributed by atoms with Crippen LogP contribution in [0.15, 0.2) is 45.6 Å². The van der Waals surface area contributed by atoms with Gasteiger partial charge in [0.25, 0.3) is 5.91 Å². The van der Waals surface area contributed by atoms with Crippen LogP contribution >= 0.6 is 12.4 Å². The molecule has 1 fully saturated rings. The van der Waals surface area contributed by atoms with E-state index in [1.54, 1.807) is 13.0 Å². The van der Waals surface area contributed by atoms with Crippen molar-refractivity contribution in [2.45, 2.75) is 38.7 Å². The number of halogens is 1. The van der Waals surface area contributed by atoms with E-state index in [9.17, 15) is 9.59 Å². The molecule has 0 spiro atoms. The maximum atomic E-state index is 12.4. The van der Waals surface area contributed by atoms with Gasteiger partial charge in [-0.25, -0.2) is 4.79 Å². The van der Waals surface area contributed by atoms with Crippen LogP contribution in [0.1, 0.15) is 40.1 Å².